The van der Waals surface area contributed by atoms with Crippen LogP contribution in [0.1, 0.15) is 87.9 Å². The van der Waals surface area contributed by atoms with Gasteiger partial charge >= 0.3 is 0 Å². The Morgan fingerprint density at radius 3 is 2.44 bits per heavy atom. The third-order valence-electron chi connectivity index (χ3n) is 6.30. The van der Waals surface area contributed by atoms with E-state index in [-0.39, 0.29) is 11.6 Å². The van der Waals surface area contributed by atoms with Gasteiger partial charge in [-0.2, -0.15) is 15.0 Å². The van der Waals surface area contributed by atoms with Crippen LogP contribution in [0.3, 0.4) is 0 Å². The second kappa shape index (κ2) is 10.9. The molecule has 0 radical (unpaired) electrons. The molecule has 1 N–H and O–H groups in total. The van der Waals surface area contributed by atoms with E-state index in [9.17, 15) is 8.78 Å². The van der Waals surface area contributed by atoms with Gasteiger partial charge in [0.2, 0.25) is 0 Å². The summed E-state index contributed by atoms with van der Waals surface area (Å²) in [5.41, 5.74) is 2.64. The summed E-state index contributed by atoms with van der Waals surface area (Å²) in [5, 5.41) is 16.7. The molecule has 0 bridgehead atoms. The lowest BCUT2D eigenvalue weighted by Gasteiger charge is -2.16. The predicted octanol–water partition coefficient (Wildman–Crippen LogP) is 6.74. The Bertz CT molecular complexity index is 1090. The van der Waals surface area contributed by atoms with Crippen LogP contribution in [0.25, 0.3) is 11.8 Å². The first-order valence-corrected chi connectivity index (χ1v) is 12.4. The van der Waals surface area contributed by atoms with E-state index in [4.69, 9.17) is 0 Å². The number of hydrogen-bond acceptors (Lipinski definition) is 4. The molecule has 1 unspecified atom stereocenters. The molecule has 1 atom stereocenters. The molecule has 3 aromatic rings. The first kappa shape index (κ1) is 24.1. The Kier molecular flexibility index (Phi) is 7.75. The normalized spacial score (nSPS) is 15.4. The summed E-state index contributed by atoms with van der Waals surface area (Å²) >= 11 is 0. The van der Waals surface area contributed by atoms with Crippen molar-refractivity contribution in [2.45, 2.75) is 77.2 Å². The van der Waals surface area contributed by atoms with Gasteiger partial charge in [0, 0.05) is 19.7 Å². The number of benzene rings is 1. The molecule has 6 nitrogen and oxygen atoms in total. The quantitative estimate of drug-likeness (QED) is 0.282. The van der Waals surface area contributed by atoms with Gasteiger partial charge in [-0.3, -0.25) is 0 Å². The molecule has 0 fully saturated rings. The molecular formula is C26H34F2N6. The van der Waals surface area contributed by atoms with Crippen molar-refractivity contribution in [1.82, 2.24) is 24.8 Å². The SMILES string of the molecule is CCCCCCCCCCNc1cnn(C2C(n3cc(C(C)(F)F)cn3)=Cc3ccccc32)n1. The average Bonchev–Trinajstić information content (AvgIpc) is 3.55. The van der Waals surface area contributed by atoms with Crippen LogP contribution < -0.4 is 5.32 Å². The highest BCUT2D eigenvalue weighted by Gasteiger charge is 2.32. The molecule has 1 aliphatic rings. The lowest BCUT2D eigenvalue weighted by atomic mass is 10.1. The minimum atomic E-state index is -2.95. The fraction of sp³-hybridized carbons (Fsp3) is 0.500. The first-order valence-electron chi connectivity index (χ1n) is 12.4. The Morgan fingerprint density at radius 2 is 1.71 bits per heavy atom. The van der Waals surface area contributed by atoms with Gasteiger partial charge in [-0.1, -0.05) is 76.1 Å². The number of allylic oxidation sites excluding steroid dienone is 1. The summed E-state index contributed by atoms with van der Waals surface area (Å²) in [6.45, 7) is 3.97. The van der Waals surface area contributed by atoms with E-state index < -0.39 is 5.92 Å². The number of unbranched alkanes of at least 4 members (excludes halogenated alkanes) is 7. The summed E-state index contributed by atoms with van der Waals surface area (Å²) < 4.78 is 29.1. The largest absolute Gasteiger partial charge is 0.367 e. The van der Waals surface area contributed by atoms with Crippen molar-refractivity contribution in [2.75, 3.05) is 11.9 Å². The van der Waals surface area contributed by atoms with Crippen LogP contribution >= 0.6 is 0 Å². The minimum absolute atomic E-state index is 0.121. The molecule has 2 aromatic heterocycles. The van der Waals surface area contributed by atoms with E-state index in [0.717, 1.165) is 36.7 Å². The molecular weight excluding hydrogens is 434 g/mol. The summed E-state index contributed by atoms with van der Waals surface area (Å²) in [6, 6.07) is 7.59. The van der Waals surface area contributed by atoms with Crippen molar-refractivity contribution in [3.63, 3.8) is 0 Å². The first-order chi connectivity index (χ1) is 16.5. The van der Waals surface area contributed by atoms with Crippen LogP contribution in [-0.4, -0.2) is 31.3 Å². The molecule has 0 spiro atoms. The van der Waals surface area contributed by atoms with E-state index in [2.05, 4.69) is 27.5 Å². The van der Waals surface area contributed by atoms with E-state index in [1.165, 1.54) is 62.0 Å². The van der Waals surface area contributed by atoms with Gasteiger partial charge in [0.25, 0.3) is 5.92 Å². The van der Waals surface area contributed by atoms with Crippen molar-refractivity contribution in [2.24, 2.45) is 0 Å². The molecule has 0 saturated carbocycles. The fourth-order valence-corrected chi connectivity index (χ4v) is 4.37. The average molecular weight is 469 g/mol. The smallest absolute Gasteiger partial charge is 0.273 e. The van der Waals surface area contributed by atoms with Gasteiger partial charge in [0.15, 0.2) is 5.82 Å². The fourth-order valence-electron chi connectivity index (χ4n) is 4.37. The molecule has 1 aliphatic carbocycles. The molecule has 8 heteroatoms. The zero-order valence-corrected chi connectivity index (χ0v) is 20.1. The van der Waals surface area contributed by atoms with E-state index in [1.54, 1.807) is 11.0 Å². The van der Waals surface area contributed by atoms with Gasteiger partial charge in [-0.15, -0.1) is 5.10 Å². The number of nitrogens with one attached hydrogen (secondary N) is 1. The van der Waals surface area contributed by atoms with E-state index in [0.29, 0.717) is 5.82 Å². The maximum absolute atomic E-state index is 13.8. The molecule has 0 aliphatic heterocycles. The van der Waals surface area contributed by atoms with Gasteiger partial charge in [-0.25, -0.2) is 13.5 Å². The van der Waals surface area contributed by atoms with Crippen LogP contribution in [0, 0.1) is 0 Å². The van der Waals surface area contributed by atoms with Crippen LogP contribution in [0.5, 0.6) is 0 Å². The topological polar surface area (TPSA) is 60.6 Å². The van der Waals surface area contributed by atoms with Crippen molar-refractivity contribution in [1.29, 1.82) is 0 Å². The number of nitrogens with zero attached hydrogens (tertiary/aromatic N) is 5. The van der Waals surface area contributed by atoms with Crippen LogP contribution in [0.15, 0.2) is 42.9 Å². The number of rotatable bonds is 13. The standard InChI is InChI=1S/C26H34F2N6/c1-3-4-5-6-7-8-9-12-15-29-24-18-31-34(32-24)25-22-14-11-10-13-20(22)16-23(25)33-19-21(17-30-33)26(2,27)28/h10-11,13-14,16-19,25H,3-9,12,15H2,1-2H3,(H,29,32). The van der Waals surface area contributed by atoms with Gasteiger partial charge < -0.3 is 5.32 Å². The number of anilines is 1. The van der Waals surface area contributed by atoms with Crippen LogP contribution in [0.4, 0.5) is 14.6 Å². The molecule has 0 amide bonds. The van der Waals surface area contributed by atoms with Crippen molar-refractivity contribution in [3.05, 3.63) is 59.5 Å². The van der Waals surface area contributed by atoms with Gasteiger partial charge in [0.05, 0.1) is 23.7 Å². The number of aromatic nitrogens is 5. The number of halogens is 2. The monoisotopic (exact) mass is 468 g/mol. The summed E-state index contributed by atoms with van der Waals surface area (Å²) in [6.07, 6.45) is 16.5. The summed E-state index contributed by atoms with van der Waals surface area (Å²) in [7, 11) is 0. The predicted molar refractivity (Wildman–Crippen MR) is 132 cm³/mol. The van der Waals surface area contributed by atoms with Gasteiger partial charge in [-0.05, 0) is 23.6 Å². The molecule has 4 rings (SSSR count). The van der Waals surface area contributed by atoms with Gasteiger partial charge in [0.1, 0.15) is 6.04 Å². The van der Waals surface area contributed by atoms with Crippen molar-refractivity contribution in [3.8, 4) is 0 Å². The Labute approximate surface area is 200 Å². The molecule has 182 valence electrons. The maximum Gasteiger partial charge on any atom is 0.273 e. The van der Waals surface area contributed by atoms with Crippen LogP contribution in [-0.2, 0) is 5.92 Å². The van der Waals surface area contributed by atoms with Crippen molar-refractivity contribution < 1.29 is 8.78 Å². The zero-order chi connectivity index (χ0) is 24.0. The second-order valence-electron chi connectivity index (χ2n) is 9.11. The highest BCUT2D eigenvalue weighted by Crippen LogP contribution is 2.39. The lowest BCUT2D eigenvalue weighted by Crippen LogP contribution is -2.17. The zero-order valence-electron chi connectivity index (χ0n) is 20.1. The highest BCUT2D eigenvalue weighted by atomic mass is 19.3. The number of alkyl halides is 2. The Morgan fingerprint density at radius 1 is 0.971 bits per heavy atom. The highest BCUT2D eigenvalue weighted by molar-refractivity contribution is 5.82. The second-order valence-corrected chi connectivity index (χ2v) is 9.11. The Balaban J connectivity index is 1.39. The Hall–Kier alpha value is -3.03. The minimum Gasteiger partial charge on any atom is -0.367 e. The molecule has 2 heterocycles. The molecule has 0 saturated heterocycles. The summed E-state index contributed by atoms with van der Waals surface area (Å²) in [5.74, 6) is -2.23. The maximum atomic E-state index is 13.8. The number of hydrogen-bond donors (Lipinski definition) is 1. The third-order valence-corrected chi connectivity index (χ3v) is 6.30. The number of fused-ring (bicyclic) bond motifs is 1. The van der Waals surface area contributed by atoms with Crippen molar-refractivity contribution >= 4 is 17.6 Å². The van der Waals surface area contributed by atoms with E-state index in [1.807, 2.05) is 30.3 Å². The molecule has 1 aromatic carbocycles. The lowest BCUT2D eigenvalue weighted by molar-refractivity contribution is 0.0174. The summed E-state index contributed by atoms with van der Waals surface area (Å²) in [4.78, 5) is 1.64. The van der Waals surface area contributed by atoms with E-state index >= 15 is 0 Å². The van der Waals surface area contributed by atoms with Crippen LogP contribution in [0.2, 0.25) is 0 Å². The third kappa shape index (κ3) is 5.72. The molecule has 34 heavy (non-hydrogen) atoms.